The summed E-state index contributed by atoms with van der Waals surface area (Å²) in [4.78, 5) is 0. The molecule has 0 amide bonds. The van der Waals surface area contributed by atoms with Crippen LogP contribution in [0.1, 0.15) is 22.3 Å². The molecule has 0 aliphatic rings. The predicted octanol–water partition coefficient (Wildman–Crippen LogP) is 4.30. The van der Waals surface area contributed by atoms with Crippen molar-refractivity contribution in [3.8, 4) is 0 Å². The van der Waals surface area contributed by atoms with Crippen LogP contribution in [0.3, 0.4) is 0 Å². The van der Waals surface area contributed by atoms with Crippen molar-refractivity contribution in [1.82, 2.24) is 5.32 Å². The minimum atomic E-state index is -4.29. The standard InChI is InChI=1S/C16H16F3N/c1-12-5-2-3-7-14(12)11-20-10-13-6-4-8-15(9-13)16(17,18)19/h2-9,20H,10-11H2,1H3. The Hall–Kier alpha value is -1.81. The quantitative estimate of drug-likeness (QED) is 0.879. The molecule has 0 radical (unpaired) electrons. The van der Waals surface area contributed by atoms with E-state index in [1.807, 2.05) is 31.2 Å². The molecule has 1 N–H and O–H groups in total. The lowest BCUT2D eigenvalue weighted by atomic mass is 10.1. The van der Waals surface area contributed by atoms with Gasteiger partial charge < -0.3 is 5.32 Å². The number of halogens is 3. The molecule has 0 fully saturated rings. The molecule has 0 spiro atoms. The molecule has 0 saturated heterocycles. The first-order valence-corrected chi connectivity index (χ1v) is 6.38. The fourth-order valence-electron chi connectivity index (χ4n) is 2.01. The Morgan fingerprint density at radius 3 is 2.40 bits per heavy atom. The van der Waals surface area contributed by atoms with Crippen molar-refractivity contribution in [2.24, 2.45) is 0 Å². The molecule has 0 heterocycles. The van der Waals surface area contributed by atoms with Gasteiger partial charge in [-0.2, -0.15) is 13.2 Å². The van der Waals surface area contributed by atoms with E-state index in [1.165, 1.54) is 17.7 Å². The van der Waals surface area contributed by atoms with E-state index < -0.39 is 11.7 Å². The third-order valence-electron chi connectivity index (χ3n) is 3.16. The summed E-state index contributed by atoms with van der Waals surface area (Å²) in [5.41, 5.74) is 2.35. The largest absolute Gasteiger partial charge is 0.416 e. The Labute approximate surface area is 116 Å². The average molecular weight is 279 g/mol. The number of nitrogens with one attached hydrogen (secondary N) is 1. The van der Waals surface area contributed by atoms with Crippen LogP contribution < -0.4 is 5.32 Å². The second-order valence-corrected chi connectivity index (χ2v) is 4.73. The SMILES string of the molecule is Cc1ccccc1CNCc1cccc(C(F)(F)F)c1. The molecule has 2 aromatic carbocycles. The first-order chi connectivity index (χ1) is 9.47. The van der Waals surface area contributed by atoms with Crippen molar-refractivity contribution in [3.05, 3.63) is 70.8 Å². The van der Waals surface area contributed by atoms with Crippen LogP contribution in [-0.2, 0) is 19.3 Å². The molecule has 0 bridgehead atoms. The molecule has 4 heteroatoms. The summed E-state index contributed by atoms with van der Waals surface area (Å²) in [6.45, 7) is 3.07. The van der Waals surface area contributed by atoms with Crippen LogP contribution in [0.4, 0.5) is 13.2 Å². The number of alkyl halides is 3. The van der Waals surface area contributed by atoms with Crippen molar-refractivity contribution in [3.63, 3.8) is 0 Å². The molecular formula is C16H16F3N. The fraction of sp³-hybridized carbons (Fsp3) is 0.250. The normalized spacial score (nSPS) is 11.6. The zero-order chi connectivity index (χ0) is 14.6. The lowest BCUT2D eigenvalue weighted by molar-refractivity contribution is -0.137. The van der Waals surface area contributed by atoms with Crippen molar-refractivity contribution in [2.75, 3.05) is 0 Å². The molecule has 0 atom stereocenters. The van der Waals surface area contributed by atoms with Gasteiger partial charge in [0.1, 0.15) is 0 Å². The Morgan fingerprint density at radius 1 is 0.950 bits per heavy atom. The summed E-state index contributed by atoms with van der Waals surface area (Å²) in [7, 11) is 0. The van der Waals surface area contributed by atoms with Crippen molar-refractivity contribution < 1.29 is 13.2 Å². The van der Waals surface area contributed by atoms with Crippen LogP contribution >= 0.6 is 0 Å². The number of rotatable bonds is 4. The van der Waals surface area contributed by atoms with E-state index in [-0.39, 0.29) is 0 Å². The van der Waals surface area contributed by atoms with Gasteiger partial charge in [0.05, 0.1) is 5.56 Å². The van der Waals surface area contributed by atoms with Gasteiger partial charge in [-0.05, 0) is 29.7 Å². The highest BCUT2D eigenvalue weighted by Gasteiger charge is 2.30. The molecule has 0 unspecified atom stereocenters. The highest BCUT2D eigenvalue weighted by molar-refractivity contribution is 5.27. The molecule has 0 saturated carbocycles. The lowest BCUT2D eigenvalue weighted by Gasteiger charge is -2.10. The summed E-state index contributed by atoms with van der Waals surface area (Å²) >= 11 is 0. The molecule has 106 valence electrons. The van der Waals surface area contributed by atoms with Crippen LogP contribution in [-0.4, -0.2) is 0 Å². The van der Waals surface area contributed by atoms with Crippen LogP contribution in [0.25, 0.3) is 0 Å². The number of hydrogen-bond donors (Lipinski definition) is 1. The number of aryl methyl sites for hydroxylation is 1. The predicted molar refractivity (Wildman–Crippen MR) is 73.2 cm³/mol. The second-order valence-electron chi connectivity index (χ2n) is 4.73. The Morgan fingerprint density at radius 2 is 1.70 bits per heavy atom. The number of hydrogen-bond acceptors (Lipinski definition) is 1. The molecule has 1 nitrogen and oxygen atoms in total. The van der Waals surface area contributed by atoms with E-state index >= 15 is 0 Å². The summed E-state index contributed by atoms with van der Waals surface area (Å²) in [6.07, 6.45) is -4.29. The lowest BCUT2D eigenvalue weighted by Crippen LogP contribution is -2.14. The molecule has 2 aromatic rings. The van der Waals surface area contributed by atoms with Gasteiger partial charge in [-0.1, -0.05) is 42.5 Å². The van der Waals surface area contributed by atoms with E-state index in [9.17, 15) is 13.2 Å². The van der Waals surface area contributed by atoms with Gasteiger partial charge in [-0.3, -0.25) is 0 Å². The third kappa shape index (κ3) is 3.84. The van der Waals surface area contributed by atoms with Crippen molar-refractivity contribution in [2.45, 2.75) is 26.2 Å². The number of benzene rings is 2. The molecule has 20 heavy (non-hydrogen) atoms. The minimum Gasteiger partial charge on any atom is -0.309 e. The van der Waals surface area contributed by atoms with Crippen LogP contribution in [0.15, 0.2) is 48.5 Å². The highest BCUT2D eigenvalue weighted by Crippen LogP contribution is 2.29. The summed E-state index contributed by atoms with van der Waals surface area (Å²) in [6, 6.07) is 13.3. The highest BCUT2D eigenvalue weighted by atomic mass is 19.4. The van der Waals surface area contributed by atoms with Gasteiger partial charge in [0.2, 0.25) is 0 Å². The van der Waals surface area contributed by atoms with Crippen molar-refractivity contribution >= 4 is 0 Å². The maximum Gasteiger partial charge on any atom is 0.416 e. The van der Waals surface area contributed by atoms with Crippen LogP contribution in [0, 0.1) is 6.92 Å². The average Bonchev–Trinajstić information content (AvgIpc) is 2.40. The first-order valence-electron chi connectivity index (χ1n) is 6.38. The molecule has 0 aliphatic carbocycles. The van der Waals surface area contributed by atoms with E-state index in [4.69, 9.17) is 0 Å². The zero-order valence-electron chi connectivity index (χ0n) is 11.2. The third-order valence-corrected chi connectivity index (χ3v) is 3.16. The monoisotopic (exact) mass is 279 g/mol. The summed E-state index contributed by atoms with van der Waals surface area (Å²) < 4.78 is 37.8. The van der Waals surface area contributed by atoms with E-state index in [1.54, 1.807) is 6.07 Å². The van der Waals surface area contributed by atoms with Gasteiger partial charge in [-0.25, -0.2) is 0 Å². The molecule has 0 aliphatic heterocycles. The van der Waals surface area contributed by atoms with Crippen LogP contribution in [0.5, 0.6) is 0 Å². The smallest absolute Gasteiger partial charge is 0.309 e. The first kappa shape index (κ1) is 14.6. The second kappa shape index (κ2) is 6.09. The Bertz CT molecular complexity index is 576. The Kier molecular flexibility index (Phi) is 4.45. The minimum absolute atomic E-state index is 0.415. The van der Waals surface area contributed by atoms with Gasteiger partial charge in [0, 0.05) is 13.1 Å². The molecular weight excluding hydrogens is 263 g/mol. The topological polar surface area (TPSA) is 12.0 Å². The maximum absolute atomic E-state index is 12.6. The van der Waals surface area contributed by atoms with E-state index in [2.05, 4.69) is 5.32 Å². The van der Waals surface area contributed by atoms with E-state index in [0.29, 0.717) is 18.7 Å². The molecule has 2 rings (SSSR count). The van der Waals surface area contributed by atoms with Gasteiger partial charge >= 0.3 is 6.18 Å². The van der Waals surface area contributed by atoms with Crippen LogP contribution in [0.2, 0.25) is 0 Å². The maximum atomic E-state index is 12.6. The van der Waals surface area contributed by atoms with Gasteiger partial charge in [0.15, 0.2) is 0 Å². The summed E-state index contributed by atoms with van der Waals surface area (Å²) in [5, 5.41) is 3.17. The fourth-order valence-corrected chi connectivity index (χ4v) is 2.01. The van der Waals surface area contributed by atoms with Gasteiger partial charge in [-0.15, -0.1) is 0 Å². The Balaban J connectivity index is 1.97. The van der Waals surface area contributed by atoms with E-state index in [0.717, 1.165) is 11.6 Å². The zero-order valence-corrected chi connectivity index (χ0v) is 11.2. The van der Waals surface area contributed by atoms with Crippen molar-refractivity contribution in [1.29, 1.82) is 0 Å². The summed E-state index contributed by atoms with van der Waals surface area (Å²) in [5.74, 6) is 0. The molecule has 0 aromatic heterocycles. The van der Waals surface area contributed by atoms with Gasteiger partial charge in [0.25, 0.3) is 0 Å².